The van der Waals surface area contributed by atoms with E-state index in [1.165, 1.54) is 16.8 Å². The lowest BCUT2D eigenvalue weighted by molar-refractivity contribution is 0.0955. The molecule has 0 spiro atoms. The van der Waals surface area contributed by atoms with Gasteiger partial charge in [0.15, 0.2) is 0 Å². The molecule has 164 valence electrons. The molecule has 1 N–H and O–H groups in total. The molecule has 0 aliphatic carbocycles. The Morgan fingerprint density at radius 1 is 0.969 bits per heavy atom. The number of anilines is 1. The van der Waals surface area contributed by atoms with Gasteiger partial charge in [-0.15, -0.1) is 0 Å². The molecule has 0 saturated carbocycles. The monoisotopic (exact) mass is 426 g/mol. The fourth-order valence-electron chi connectivity index (χ4n) is 4.32. The molecule has 5 heteroatoms. The summed E-state index contributed by atoms with van der Waals surface area (Å²) in [5.74, 6) is -0.232. The summed E-state index contributed by atoms with van der Waals surface area (Å²) in [6, 6.07) is 18.0. The van der Waals surface area contributed by atoms with Gasteiger partial charge < -0.3 is 9.47 Å². The molecule has 2 heterocycles. The van der Waals surface area contributed by atoms with Gasteiger partial charge in [-0.25, -0.2) is 5.43 Å². The zero-order chi connectivity index (χ0) is 23.0. The van der Waals surface area contributed by atoms with Crippen LogP contribution in [0.3, 0.4) is 0 Å². The average molecular weight is 427 g/mol. The first kappa shape index (κ1) is 21.6. The van der Waals surface area contributed by atoms with E-state index in [1.807, 2.05) is 30.3 Å². The third kappa shape index (κ3) is 3.98. The number of hydrazone groups is 1. The molecule has 0 saturated heterocycles. The van der Waals surface area contributed by atoms with Gasteiger partial charge in [0.2, 0.25) is 0 Å². The topological polar surface area (TPSA) is 49.6 Å². The van der Waals surface area contributed by atoms with Gasteiger partial charge >= 0.3 is 0 Å². The minimum absolute atomic E-state index is 0.0189. The van der Waals surface area contributed by atoms with Gasteiger partial charge in [0.25, 0.3) is 5.91 Å². The van der Waals surface area contributed by atoms with Crippen molar-refractivity contribution in [3.63, 3.8) is 0 Å². The summed E-state index contributed by atoms with van der Waals surface area (Å²) < 4.78 is 2.16. The highest BCUT2D eigenvalue weighted by atomic mass is 16.2. The van der Waals surface area contributed by atoms with Gasteiger partial charge in [0.1, 0.15) is 0 Å². The zero-order valence-electron chi connectivity index (χ0n) is 19.6. The summed E-state index contributed by atoms with van der Waals surface area (Å²) in [5, 5.41) is 4.18. The van der Waals surface area contributed by atoms with Crippen LogP contribution in [0.5, 0.6) is 0 Å². The minimum Gasteiger partial charge on any atom is -0.366 e. The van der Waals surface area contributed by atoms with Crippen LogP contribution in [0.15, 0.2) is 65.8 Å². The van der Waals surface area contributed by atoms with Crippen LogP contribution in [0.4, 0.5) is 5.69 Å². The predicted octanol–water partition coefficient (Wildman–Crippen LogP) is 5.49. The van der Waals surface area contributed by atoms with E-state index < -0.39 is 0 Å². The van der Waals surface area contributed by atoms with Crippen molar-refractivity contribution in [3.8, 4) is 5.69 Å². The highest BCUT2D eigenvalue weighted by Gasteiger charge is 2.28. The van der Waals surface area contributed by atoms with Gasteiger partial charge in [-0.2, -0.15) is 5.10 Å². The standard InChI is InChI=1S/C27H30N4O/c1-18-16-27(4,5)30(6)25-14-9-21(15-24(18)25)17-28-29-26(32)22-10-12-23(13-11-22)31-19(2)7-8-20(31)3/h7-17H,1-6H3,(H,29,32)/b28-17-. The predicted molar refractivity (Wildman–Crippen MR) is 133 cm³/mol. The number of nitrogens with one attached hydrogen (secondary N) is 1. The lowest BCUT2D eigenvalue weighted by Crippen LogP contribution is -2.42. The Morgan fingerprint density at radius 2 is 1.62 bits per heavy atom. The summed E-state index contributed by atoms with van der Waals surface area (Å²) in [4.78, 5) is 14.8. The molecule has 0 radical (unpaired) electrons. The minimum atomic E-state index is -0.232. The van der Waals surface area contributed by atoms with Crippen LogP contribution in [0.25, 0.3) is 11.3 Å². The van der Waals surface area contributed by atoms with Crippen LogP contribution >= 0.6 is 0 Å². The molecule has 32 heavy (non-hydrogen) atoms. The SMILES string of the molecule is CC1=CC(C)(C)N(C)c2ccc(/C=N\NC(=O)c3ccc(-n4c(C)ccc4C)cc3)cc21. The summed E-state index contributed by atoms with van der Waals surface area (Å²) in [7, 11) is 2.11. The van der Waals surface area contributed by atoms with E-state index >= 15 is 0 Å². The molecule has 1 aliphatic rings. The average Bonchev–Trinajstić information content (AvgIpc) is 3.10. The second kappa shape index (κ2) is 8.15. The molecule has 1 amide bonds. The number of benzene rings is 2. The van der Waals surface area contributed by atoms with Crippen LogP contribution in [0.1, 0.15) is 53.6 Å². The molecule has 5 nitrogen and oxygen atoms in total. The fraction of sp³-hybridized carbons (Fsp3) is 0.259. The van der Waals surface area contributed by atoms with E-state index in [2.05, 4.69) is 92.0 Å². The van der Waals surface area contributed by atoms with Crippen molar-refractivity contribution in [1.29, 1.82) is 0 Å². The first-order valence-electron chi connectivity index (χ1n) is 10.8. The molecular weight excluding hydrogens is 396 g/mol. The third-order valence-electron chi connectivity index (χ3n) is 6.28. The maximum Gasteiger partial charge on any atom is 0.271 e. The normalized spacial score (nSPS) is 14.9. The Labute approximate surface area is 190 Å². The summed E-state index contributed by atoms with van der Waals surface area (Å²) in [6.07, 6.45) is 3.96. The first-order valence-corrected chi connectivity index (χ1v) is 10.8. The number of hydrogen-bond acceptors (Lipinski definition) is 3. The number of fused-ring (bicyclic) bond motifs is 1. The quantitative estimate of drug-likeness (QED) is 0.443. The molecule has 0 unspecified atom stereocenters. The number of hydrogen-bond donors (Lipinski definition) is 1. The Morgan fingerprint density at radius 3 is 2.28 bits per heavy atom. The fourth-order valence-corrected chi connectivity index (χ4v) is 4.32. The van der Waals surface area contributed by atoms with Crippen molar-refractivity contribution in [2.45, 2.75) is 40.2 Å². The number of rotatable bonds is 4. The zero-order valence-corrected chi connectivity index (χ0v) is 19.6. The number of aromatic nitrogens is 1. The molecule has 1 aliphatic heterocycles. The van der Waals surface area contributed by atoms with Crippen molar-refractivity contribution < 1.29 is 4.79 Å². The van der Waals surface area contributed by atoms with E-state index in [0.717, 1.165) is 22.6 Å². The molecule has 0 fully saturated rings. The number of allylic oxidation sites excluding steroid dienone is 1. The van der Waals surface area contributed by atoms with Crippen molar-refractivity contribution in [3.05, 3.63) is 88.8 Å². The molecular formula is C27H30N4O. The van der Waals surface area contributed by atoms with Crippen molar-refractivity contribution in [1.82, 2.24) is 9.99 Å². The number of nitrogens with zero attached hydrogens (tertiary/aromatic N) is 3. The van der Waals surface area contributed by atoms with Crippen LogP contribution in [0, 0.1) is 13.8 Å². The first-order chi connectivity index (χ1) is 15.2. The second-order valence-electron chi connectivity index (χ2n) is 9.01. The maximum atomic E-state index is 12.5. The van der Waals surface area contributed by atoms with E-state index in [4.69, 9.17) is 0 Å². The van der Waals surface area contributed by atoms with E-state index in [-0.39, 0.29) is 11.4 Å². The van der Waals surface area contributed by atoms with Crippen molar-refractivity contribution in [2.75, 3.05) is 11.9 Å². The van der Waals surface area contributed by atoms with E-state index in [9.17, 15) is 4.79 Å². The van der Waals surface area contributed by atoms with Gasteiger partial charge in [-0.05, 0) is 94.3 Å². The number of aryl methyl sites for hydroxylation is 2. The van der Waals surface area contributed by atoms with Gasteiger partial charge in [-0.3, -0.25) is 4.79 Å². The maximum absolute atomic E-state index is 12.5. The Bertz CT molecular complexity index is 1210. The highest BCUT2D eigenvalue weighted by molar-refractivity contribution is 5.95. The van der Waals surface area contributed by atoms with Gasteiger partial charge in [-0.1, -0.05) is 12.1 Å². The summed E-state index contributed by atoms with van der Waals surface area (Å²) in [5.41, 5.74) is 11.1. The smallest absolute Gasteiger partial charge is 0.271 e. The Balaban J connectivity index is 1.46. The molecule has 3 aromatic rings. The third-order valence-corrected chi connectivity index (χ3v) is 6.28. The molecule has 4 rings (SSSR count). The lowest BCUT2D eigenvalue weighted by Gasteiger charge is -2.40. The number of amides is 1. The summed E-state index contributed by atoms with van der Waals surface area (Å²) in [6.45, 7) is 10.7. The van der Waals surface area contributed by atoms with Crippen molar-refractivity contribution in [2.24, 2.45) is 5.10 Å². The van der Waals surface area contributed by atoms with Crippen LogP contribution < -0.4 is 10.3 Å². The molecule has 2 aromatic carbocycles. The molecule has 0 atom stereocenters. The second-order valence-corrected chi connectivity index (χ2v) is 9.01. The van der Waals surface area contributed by atoms with Gasteiger partial charge in [0.05, 0.1) is 11.8 Å². The van der Waals surface area contributed by atoms with Crippen LogP contribution in [-0.4, -0.2) is 29.3 Å². The van der Waals surface area contributed by atoms with Gasteiger partial charge in [0, 0.05) is 40.9 Å². The Kier molecular flexibility index (Phi) is 5.51. The largest absolute Gasteiger partial charge is 0.366 e. The molecule has 1 aromatic heterocycles. The van der Waals surface area contributed by atoms with Crippen molar-refractivity contribution >= 4 is 23.4 Å². The lowest BCUT2D eigenvalue weighted by atomic mass is 9.89. The van der Waals surface area contributed by atoms with E-state index in [1.54, 1.807) is 6.21 Å². The van der Waals surface area contributed by atoms with Crippen LogP contribution in [0.2, 0.25) is 0 Å². The number of carbonyl (C=O) groups excluding carboxylic acids is 1. The number of carbonyl (C=O) groups is 1. The van der Waals surface area contributed by atoms with Crippen LogP contribution in [-0.2, 0) is 0 Å². The Hall–Kier alpha value is -3.60. The van der Waals surface area contributed by atoms with E-state index in [0.29, 0.717) is 5.56 Å². The number of likely N-dealkylation sites (N-methyl/N-ethyl adjacent to an activating group) is 1. The highest BCUT2D eigenvalue weighted by Crippen LogP contribution is 2.37. The summed E-state index contributed by atoms with van der Waals surface area (Å²) >= 11 is 0. The molecule has 0 bridgehead atoms.